The van der Waals surface area contributed by atoms with Crippen molar-refractivity contribution >= 4 is 29.0 Å². The van der Waals surface area contributed by atoms with E-state index < -0.39 is 5.97 Å². The maximum atomic E-state index is 12.4. The molecule has 0 saturated heterocycles. The van der Waals surface area contributed by atoms with Gasteiger partial charge in [0, 0.05) is 13.0 Å². The highest BCUT2D eigenvalue weighted by atomic mass is 16.6. The Morgan fingerprint density at radius 1 is 0.931 bits per heavy atom. The monoisotopic (exact) mass is 396 g/mol. The van der Waals surface area contributed by atoms with Crippen LogP contribution in [0.3, 0.4) is 0 Å². The molecule has 0 aliphatic carbocycles. The third kappa shape index (κ3) is 4.37. The molecular weight excluding hydrogens is 376 g/mol. The topological polar surface area (TPSA) is 99.7 Å². The number of hydrogen-bond acceptors (Lipinski definition) is 7. The van der Waals surface area contributed by atoms with Gasteiger partial charge in [-0.15, -0.1) is 0 Å². The molecule has 0 fully saturated rings. The summed E-state index contributed by atoms with van der Waals surface area (Å²) in [6, 6.07) is 8.36. The molecule has 1 heterocycles. The van der Waals surface area contributed by atoms with Gasteiger partial charge in [-0.1, -0.05) is 12.1 Å². The van der Waals surface area contributed by atoms with Gasteiger partial charge in [-0.05, 0) is 29.8 Å². The molecule has 3 rings (SSSR count). The normalized spacial score (nSPS) is 10.9. The summed E-state index contributed by atoms with van der Waals surface area (Å²) >= 11 is 0. The minimum absolute atomic E-state index is 0.300. The predicted molar refractivity (Wildman–Crippen MR) is 109 cm³/mol. The van der Waals surface area contributed by atoms with Crippen LogP contribution >= 0.6 is 0 Å². The third-order valence-electron chi connectivity index (χ3n) is 4.10. The van der Waals surface area contributed by atoms with E-state index in [0.717, 1.165) is 5.56 Å². The van der Waals surface area contributed by atoms with Crippen LogP contribution in [0.5, 0.6) is 23.0 Å². The number of esters is 1. The summed E-state index contributed by atoms with van der Waals surface area (Å²) in [4.78, 5) is 30.9. The number of nitrogens with zero attached hydrogens (tertiary/aromatic N) is 1. The number of aromatic amines is 1. The lowest BCUT2D eigenvalue weighted by Crippen LogP contribution is -2.10. The van der Waals surface area contributed by atoms with Crippen molar-refractivity contribution in [1.82, 2.24) is 9.97 Å². The fourth-order valence-electron chi connectivity index (χ4n) is 2.77. The van der Waals surface area contributed by atoms with Crippen LogP contribution in [0.1, 0.15) is 18.3 Å². The number of rotatable bonds is 6. The highest BCUT2D eigenvalue weighted by molar-refractivity contribution is 5.83. The van der Waals surface area contributed by atoms with Crippen molar-refractivity contribution in [3.63, 3.8) is 0 Å². The number of carbonyl (C=O) groups excluding carboxylic acids is 1. The molecule has 29 heavy (non-hydrogen) atoms. The lowest BCUT2D eigenvalue weighted by molar-refractivity contribution is -0.132. The minimum Gasteiger partial charge on any atom is -0.493 e. The van der Waals surface area contributed by atoms with Gasteiger partial charge in [0.25, 0.3) is 5.56 Å². The Morgan fingerprint density at radius 3 is 2.28 bits per heavy atom. The first kappa shape index (κ1) is 19.9. The van der Waals surface area contributed by atoms with Gasteiger partial charge in [0.15, 0.2) is 23.0 Å². The molecule has 0 spiro atoms. The molecule has 3 aromatic rings. The van der Waals surface area contributed by atoms with Gasteiger partial charge in [-0.2, -0.15) is 0 Å². The lowest BCUT2D eigenvalue weighted by Gasteiger charge is -2.09. The molecule has 0 aliphatic heterocycles. The van der Waals surface area contributed by atoms with Crippen molar-refractivity contribution in [3.05, 3.63) is 52.1 Å². The van der Waals surface area contributed by atoms with Gasteiger partial charge in [-0.3, -0.25) is 9.59 Å². The van der Waals surface area contributed by atoms with Crippen LogP contribution in [0, 0.1) is 0 Å². The number of nitrogens with one attached hydrogen (secondary N) is 1. The number of methoxy groups -OCH3 is 3. The van der Waals surface area contributed by atoms with Crippen molar-refractivity contribution in [2.75, 3.05) is 21.3 Å². The molecular formula is C21H20N2O6. The molecule has 0 amide bonds. The fraction of sp³-hybridized carbons (Fsp3) is 0.190. The maximum Gasteiger partial charge on any atom is 0.308 e. The second-order valence-electron chi connectivity index (χ2n) is 6.01. The van der Waals surface area contributed by atoms with E-state index in [4.69, 9.17) is 18.9 Å². The molecule has 0 atom stereocenters. The van der Waals surface area contributed by atoms with Crippen LogP contribution in [0.25, 0.3) is 23.1 Å². The first-order chi connectivity index (χ1) is 13.9. The van der Waals surface area contributed by atoms with Gasteiger partial charge in [-0.25, -0.2) is 4.98 Å². The number of aromatic nitrogens is 2. The number of fused-ring (bicyclic) bond motifs is 1. The van der Waals surface area contributed by atoms with Crippen LogP contribution in [-0.4, -0.2) is 37.3 Å². The zero-order valence-corrected chi connectivity index (χ0v) is 16.4. The van der Waals surface area contributed by atoms with Crippen molar-refractivity contribution in [1.29, 1.82) is 0 Å². The van der Waals surface area contributed by atoms with E-state index in [1.807, 2.05) is 0 Å². The molecule has 0 saturated carbocycles. The molecule has 8 nitrogen and oxygen atoms in total. The van der Waals surface area contributed by atoms with Gasteiger partial charge < -0.3 is 23.9 Å². The Balaban J connectivity index is 1.98. The number of H-pyrrole nitrogens is 1. The van der Waals surface area contributed by atoms with E-state index in [9.17, 15) is 9.59 Å². The quantitative estimate of drug-likeness (QED) is 0.505. The standard InChI is InChI=1S/C21H20N2O6/c1-12(24)29-19-9-13(5-7-16(19)26-2)6-8-20-22-15-11-18(28-4)17(27-3)10-14(15)21(25)23-20/h5-11H,1-4H3,(H,22,23,25)/b8-6+. The largest absolute Gasteiger partial charge is 0.493 e. The zero-order chi connectivity index (χ0) is 21.0. The summed E-state index contributed by atoms with van der Waals surface area (Å²) in [6.45, 7) is 1.31. The van der Waals surface area contributed by atoms with Crippen LogP contribution in [0.15, 0.2) is 35.1 Å². The summed E-state index contributed by atoms with van der Waals surface area (Å²) in [5.41, 5.74) is 0.907. The lowest BCUT2D eigenvalue weighted by atomic mass is 10.2. The Bertz CT molecular complexity index is 1150. The molecule has 0 bridgehead atoms. The minimum atomic E-state index is -0.450. The molecule has 1 aromatic heterocycles. The Labute approximate surface area is 166 Å². The maximum absolute atomic E-state index is 12.4. The van der Waals surface area contributed by atoms with Crippen molar-refractivity contribution in [2.24, 2.45) is 0 Å². The van der Waals surface area contributed by atoms with Crippen LogP contribution in [-0.2, 0) is 4.79 Å². The molecule has 150 valence electrons. The molecule has 1 N–H and O–H groups in total. The Hall–Kier alpha value is -3.81. The summed E-state index contributed by atoms with van der Waals surface area (Å²) in [6.07, 6.45) is 3.38. The van der Waals surface area contributed by atoms with Crippen LogP contribution in [0.2, 0.25) is 0 Å². The second kappa shape index (κ2) is 8.47. The Kier molecular flexibility index (Phi) is 5.82. The number of carbonyl (C=O) groups is 1. The number of benzene rings is 2. The van der Waals surface area contributed by atoms with Crippen LogP contribution in [0.4, 0.5) is 0 Å². The van der Waals surface area contributed by atoms with Crippen molar-refractivity contribution in [3.8, 4) is 23.0 Å². The van der Waals surface area contributed by atoms with Gasteiger partial charge >= 0.3 is 5.97 Å². The van der Waals surface area contributed by atoms with E-state index in [2.05, 4.69) is 9.97 Å². The van der Waals surface area contributed by atoms with E-state index in [1.165, 1.54) is 28.3 Å². The molecule has 0 radical (unpaired) electrons. The SMILES string of the molecule is COc1cc2nc(/C=C/c3ccc(OC)c(OC(C)=O)c3)[nH]c(=O)c2cc1OC. The molecule has 2 aromatic carbocycles. The van der Waals surface area contributed by atoms with Crippen LogP contribution < -0.4 is 24.5 Å². The summed E-state index contributed by atoms with van der Waals surface area (Å²) in [7, 11) is 4.51. The predicted octanol–water partition coefficient (Wildman–Crippen LogP) is 3.04. The molecule has 0 unspecified atom stereocenters. The summed E-state index contributed by atoms with van der Waals surface area (Å²) in [5.74, 6) is 1.59. The first-order valence-electron chi connectivity index (χ1n) is 8.65. The third-order valence-corrected chi connectivity index (χ3v) is 4.10. The first-order valence-corrected chi connectivity index (χ1v) is 8.65. The van der Waals surface area contributed by atoms with Gasteiger partial charge in [0.2, 0.25) is 0 Å². The van der Waals surface area contributed by atoms with Gasteiger partial charge in [0.1, 0.15) is 5.82 Å². The average Bonchev–Trinajstić information content (AvgIpc) is 2.71. The van der Waals surface area contributed by atoms with E-state index in [-0.39, 0.29) is 5.56 Å². The summed E-state index contributed by atoms with van der Waals surface area (Å²) in [5, 5.41) is 0.390. The molecule has 8 heteroatoms. The van der Waals surface area contributed by atoms with E-state index >= 15 is 0 Å². The van der Waals surface area contributed by atoms with E-state index in [1.54, 1.807) is 42.5 Å². The Morgan fingerprint density at radius 2 is 1.62 bits per heavy atom. The fourth-order valence-corrected chi connectivity index (χ4v) is 2.77. The number of hydrogen-bond donors (Lipinski definition) is 1. The smallest absolute Gasteiger partial charge is 0.308 e. The highest BCUT2D eigenvalue weighted by Gasteiger charge is 2.11. The zero-order valence-electron chi connectivity index (χ0n) is 16.4. The highest BCUT2D eigenvalue weighted by Crippen LogP contribution is 2.30. The average molecular weight is 396 g/mol. The molecule has 0 aliphatic rings. The van der Waals surface area contributed by atoms with Crippen molar-refractivity contribution < 1.29 is 23.7 Å². The van der Waals surface area contributed by atoms with E-state index in [0.29, 0.717) is 39.7 Å². The summed E-state index contributed by atoms with van der Waals surface area (Å²) < 4.78 is 20.8. The second-order valence-corrected chi connectivity index (χ2v) is 6.01. The van der Waals surface area contributed by atoms with Crippen molar-refractivity contribution in [2.45, 2.75) is 6.92 Å². The van der Waals surface area contributed by atoms with Gasteiger partial charge in [0.05, 0.1) is 32.2 Å². The number of ether oxygens (including phenoxy) is 4.